The summed E-state index contributed by atoms with van der Waals surface area (Å²) >= 11 is 0. The van der Waals surface area contributed by atoms with Crippen molar-refractivity contribution < 1.29 is 19.1 Å². The molecule has 3 N–H and O–H groups in total. The fourth-order valence-electron chi connectivity index (χ4n) is 1.40. The molecule has 1 aromatic carbocycles. The van der Waals surface area contributed by atoms with Crippen LogP contribution in [0.4, 0.5) is 11.4 Å². The van der Waals surface area contributed by atoms with Crippen LogP contribution in [0.25, 0.3) is 0 Å². The highest BCUT2D eigenvalue weighted by atomic mass is 16.6. The van der Waals surface area contributed by atoms with Gasteiger partial charge in [0, 0.05) is 6.20 Å². The molecule has 0 spiro atoms. The van der Waals surface area contributed by atoms with Gasteiger partial charge in [0.25, 0.3) is 0 Å². The van der Waals surface area contributed by atoms with Crippen LogP contribution < -0.4 is 11.1 Å². The van der Waals surface area contributed by atoms with Crippen molar-refractivity contribution >= 4 is 23.3 Å². The Morgan fingerprint density at radius 2 is 1.70 bits per heavy atom. The molecule has 0 aliphatic rings. The second-order valence-electron chi connectivity index (χ2n) is 3.73. The first-order valence-corrected chi connectivity index (χ1v) is 6.25. The maximum Gasteiger partial charge on any atom is 0.347 e. The summed E-state index contributed by atoms with van der Waals surface area (Å²) in [5.74, 6) is -1.49. The van der Waals surface area contributed by atoms with Gasteiger partial charge >= 0.3 is 11.9 Å². The molecular formula is C14H18N2O4. The summed E-state index contributed by atoms with van der Waals surface area (Å²) in [6.07, 6.45) is 1.24. The molecule has 1 rings (SSSR count). The number of carbonyl (C=O) groups is 2. The molecule has 6 nitrogen and oxygen atoms in total. The van der Waals surface area contributed by atoms with Gasteiger partial charge in [-0.3, -0.25) is 0 Å². The quantitative estimate of drug-likeness (QED) is 0.270. The average molecular weight is 278 g/mol. The maximum atomic E-state index is 11.7. The first-order valence-electron chi connectivity index (χ1n) is 6.25. The Bertz CT molecular complexity index is 492. The predicted molar refractivity (Wildman–Crippen MR) is 75.8 cm³/mol. The topological polar surface area (TPSA) is 90.6 Å². The van der Waals surface area contributed by atoms with E-state index in [1.165, 1.54) is 6.20 Å². The summed E-state index contributed by atoms with van der Waals surface area (Å²) in [6.45, 7) is 3.65. The minimum Gasteiger partial charge on any atom is -0.462 e. The molecule has 0 saturated heterocycles. The third-order valence-corrected chi connectivity index (χ3v) is 2.32. The third-order valence-electron chi connectivity index (χ3n) is 2.32. The lowest BCUT2D eigenvalue weighted by atomic mass is 10.2. The van der Waals surface area contributed by atoms with Crippen molar-refractivity contribution in [3.63, 3.8) is 0 Å². The lowest BCUT2D eigenvalue weighted by Crippen LogP contribution is -2.19. The minimum atomic E-state index is -0.743. The molecule has 0 aliphatic carbocycles. The van der Waals surface area contributed by atoms with E-state index in [4.69, 9.17) is 15.2 Å². The summed E-state index contributed by atoms with van der Waals surface area (Å²) in [7, 11) is 0. The number of nitrogens with two attached hydrogens (primary N) is 1. The van der Waals surface area contributed by atoms with Gasteiger partial charge in [-0.15, -0.1) is 0 Å². The van der Waals surface area contributed by atoms with E-state index in [-0.39, 0.29) is 18.8 Å². The molecular weight excluding hydrogens is 260 g/mol. The highest BCUT2D eigenvalue weighted by Gasteiger charge is 2.20. The molecule has 6 heteroatoms. The molecule has 108 valence electrons. The fraction of sp³-hybridized carbons (Fsp3) is 0.286. The maximum absolute atomic E-state index is 11.7. The van der Waals surface area contributed by atoms with E-state index in [9.17, 15) is 9.59 Å². The van der Waals surface area contributed by atoms with Crippen molar-refractivity contribution in [2.24, 2.45) is 0 Å². The molecule has 0 radical (unpaired) electrons. The molecule has 0 heterocycles. The van der Waals surface area contributed by atoms with E-state index in [2.05, 4.69) is 5.32 Å². The molecule has 0 unspecified atom stereocenters. The zero-order chi connectivity index (χ0) is 15.0. The summed E-state index contributed by atoms with van der Waals surface area (Å²) in [5.41, 5.74) is 6.62. The van der Waals surface area contributed by atoms with E-state index in [1.54, 1.807) is 38.1 Å². The van der Waals surface area contributed by atoms with Crippen LogP contribution in [0.2, 0.25) is 0 Å². The summed E-state index contributed by atoms with van der Waals surface area (Å²) in [6, 6.07) is 6.98. The monoisotopic (exact) mass is 278 g/mol. The van der Waals surface area contributed by atoms with Crippen molar-refractivity contribution in [2.75, 3.05) is 24.3 Å². The largest absolute Gasteiger partial charge is 0.462 e. The van der Waals surface area contributed by atoms with Gasteiger partial charge in [-0.1, -0.05) is 12.1 Å². The first-order chi connectivity index (χ1) is 9.60. The second-order valence-corrected chi connectivity index (χ2v) is 3.73. The van der Waals surface area contributed by atoms with Crippen LogP contribution in [-0.2, 0) is 19.1 Å². The van der Waals surface area contributed by atoms with Gasteiger partial charge in [0.05, 0.1) is 24.6 Å². The van der Waals surface area contributed by atoms with E-state index in [1.807, 2.05) is 0 Å². The normalized spacial score (nSPS) is 9.50. The molecule has 0 aliphatic heterocycles. The van der Waals surface area contributed by atoms with Crippen LogP contribution in [0.3, 0.4) is 0 Å². The highest BCUT2D eigenvalue weighted by molar-refractivity contribution is 6.14. The van der Waals surface area contributed by atoms with Gasteiger partial charge in [0.1, 0.15) is 0 Å². The van der Waals surface area contributed by atoms with Gasteiger partial charge in [0.2, 0.25) is 0 Å². The highest BCUT2D eigenvalue weighted by Crippen LogP contribution is 2.17. The second kappa shape index (κ2) is 7.83. The zero-order valence-corrected chi connectivity index (χ0v) is 11.5. The number of rotatable bonds is 6. The Morgan fingerprint density at radius 3 is 2.20 bits per heavy atom. The Balaban J connectivity index is 2.92. The number of nitrogen functional groups attached to an aromatic ring is 1. The van der Waals surface area contributed by atoms with Crippen molar-refractivity contribution in [2.45, 2.75) is 13.8 Å². The van der Waals surface area contributed by atoms with Gasteiger partial charge < -0.3 is 20.5 Å². The van der Waals surface area contributed by atoms with Crippen LogP contribution in [0, 0.1) is 0 Å². The number of esters is 2. The standard InChI is InChI=1S/C14H18N2O4/c1-3-19-13(17)10(14(18)20-4-2)9-16-12-8-6-5-7-11(12)15/h5-9,16H,3-4,15H2,1-2H3. The number of hydrogen-bond donors (Lipinski definition) is 2. The number of nitrogens with one attached hydrogen (secondary N) is 1. The van der Waals surface area contributed by atoms with E-state index < -0.39 is 11.9 Å². The number of anilines is 2. The van der Waals surface area contributed by atoms with E-state index in [0.717, 1.165) is 0 Å². The van der Waals surface area contributed by atoms with Gasteiger partial charge in [0.15, 0.2) is 5.57 Å². The summed E-state index contributed by atoms with van der Waals surface area (Å²) in [5, 5.41) is 2.80. The number of para-hydroxylation sites is 2. The molecule has 20 heavy (non-hydrogen) atoms. The lowest BCUT2D eigenvalue weighted by Gasteiger charge is -2.08. The van der Waals surface area contributed by atoms with Crippen LogP contribution >= 0.6 is 0 Å². The van der Waals surface area contributed by atoms with Gasteiger partial charge in [-0.2, -0.15) is 0 Å². The van der Waals surface area contributed by atoms with Crippen molar-refractivity contribution in [1.29, 1.82) is 0 Å². The van der Waals surface area contributed by atoms with Crippen LogP contribution in [0.1, 0.15) is 13.8 Å². The number of hydrogen-bond acceptors (Lipinski definition) is 6. The Labute approximate surface area is 117 Å². The van der Waals surface area contributed by atoms with Crippen LogP contribution in [0.5, 0.6) is 0 Å². The molecule has 0 amide bonds. The summed E-state index contributed by atoms with van der Waals surface area (Å²) < 4.78 is 9.62. The van der Waals surface area contributed by atoms with Gasteiger partial charge in [-0.05, 0) is 26.0 Å². The fourth-order valence-corrected chi connectivity index (χ4v) is 1.40. The molecule has 0 atom stereocenters. The molecule has 0 bridgehead atoms. The number of carbonyl (C=O) groups excluding carboxylic acids is 2. The lowest BCUT2D eigenvalue weighted by molar-refractivity contribution is -0.146. The van der Waals surface area contributed by atoms with Crippen molar-refractivity contribution in [3.05, 3.63) is 36.0 Å². The van der Waals surface area contributed by atoms with Crippen LogP contribution in [-0.4, -0.2) is 25.2 Å². The molecule has 0 aromatic heterocycles. The minimum absolute atomic E-state index is 0.170. The van der Waals surface area contributed by atoms with E-state index in [0.29, 0.717) is 11.4 Å². The van der Waals surface area contributed by atoms with Crippen molar-refractivity contribution in [3.8, 4) is 0 Å². The van der Waals surface area contributed by atoms with Crippen LogP contribution in [0.15, 0.2) is 36.0 Å². The van der Waals surface area contributed by atoms with Crippen molar-refractivity contribution in [1.82, 2.24) is 0 Å². The first kappa shape index (κ1) is 15.6. The van der Waals surface area contributed by atoms with Gasteiger partial charge in [-0.25, -0.2) is 9.59 Å². The zero-order valence-electron chi connectivity index (χ0n) is 11.5. The molecule has 0 fully saturated rings. The molecule has 1 aromatic rings. The SMILES string of the molecule is CCOC(=O)C(=CNc1ccccc1N)C(=O)OCC. The summed E-state index contributed by atoms with van der Waals surface area (Å²) in [4.78, 5) is 23.4. The number of ether oxygens (including phenoxy) is 2. The smallest absolute Gasteiger partial charge is 0.347 e. The number of benzene rings is 1. The predicted octanol–water partition coefficient (Wildman–Crippen LogP) is 1.69. The average Bonchev–Trinajstić information content (AvgIpc) is 2.41. The third kappa shape index (κ3) is 4.31. The Morgan fingerprint density at radius 1 is 1.15 bits per heavy atom. The Kier molecular flexibility index (Phi) is 6.09. The molecule has 0 saturated carbocycles. The van der Waals surface area contributed by atoms with E-state index >= 15 is 0 Å². The Hall–Kier alpha value is -2.50.